The largest absolute Gasteiger partial charge is 0.310 e. The number of aryl methyl sites for hydroxylation is 1. The monoisotopic (exact) mass is 273 g/mol. The minimum absolute atomic E-state index is 0.489. The molecule has 2 rings (SSSR count). The van der Waals surface area contributed by atoms with Crippen LogP contribution < -0.4 is 5.32 Å². The van der Waals surface area contributed by atoms with Gasteiger partial charge < -0.3 is 5.32 Å². The summed E-state index contributed by atoms with van der Waals surface area (Å²) in [6.07, 6.45) is 3.74. The molecule has 2 heterocycles. The quantitative estimate of drug-likeness (QED) is 0.905. The molecule has 3 nitrogen and oxygen atoms in total. The van der Waals surface area contributed by atoms with Crippen LogP contribution in [0, 0.1) is 6.92 Å². The number of hydrogen-bond donors (Lipinski definition) is 1. The summed E-state index contributed by atoms with van der Waals surface area (Å²) in [6, 6.07) is 8.59. The molecule has 0 atom stereocenters. The van der Waals surface area contributed by atoms with Crippen LogP contribution in [0.4, 0.5) is 0 Å². The first-order chi connectivity index (χ1) is 9.15. The number of pyridine rings is 2. The maximum atomic E-state index is 4.53. The third-order valence-corrected chi connectivity index (χ3v) is 3.71. The van der Waals surface area contributed by atoms with Crippen molar-refractivity contribution in [3.8, 4) is 0 Å². The standard InChI is InChI=1S/C15H19N3S/c1-11(2)17-9-13-8-12(3)15(18-10-13)19-14-6-4-5-7-16-14/h4-8,10-11,17H,9H2,1-3H3. The first-order valence-corrected chi connectivity index (χ1v) is 7.24. The molecule has 0 bridgehead atoms. The second kappa shape index (κ2) is 6.68. The highest BCUT2D eigenvalue weighted by Gasteiger charge is 2.05. The Balaban J connectivity index is 2.07. The molecule has 4 heteroatoms. The highest BCUT2D eigenvalue weighted by atomic mass is 32.2. The predicted octanol–water partition coefficient (Wildman–Crippen LogP) is 3.43. The molecule has 0 radical (unpaired) electrons. The number of nitrogens with zero attached hydrogens (tertiary/aromatic N) is 2. The van der Waals surface area contributed by atoms with E-state index >= 15 is 0 Å². The van der Waals surface area contributed by atoms with E-state index in [0.717, 1.165) is 16.6 Å². The van der Waals surface area contributed by atoms with Crippen molar-refractivity contribution in [2.45, 2.75) is 43.4 Å². The van der Waals surface area contributed by atoms with Gasteiger partial charge in [0.1, 0.15) is 10.1 Å². The van der Waals surface area contributed by atoms with Gasteiger partial charge in [-0.2, -0.15) is 0 Å². The van der Waals surface area contributed by atoms with Crippen LogP contribution in [0.2, 0.25) is 0 Å². The highest BCUT2D eigenvalue weighted by molar-refractivity contribution is 7.99. The zero-order valence-electron chi connectivity index (χ0n) is 11.6. The van der Waals surface area contributed by atoms with Gasteiger partial charge in [0.15, 0.2) is 0 Å². The van der Waals surface area contributed by atoms with Gasteiger partial charge in [0.25, 0.3) is 0 Å². The van der Waals surface area contributed by atoms with Crippen molar-refractivity contribution < 1.29 is 0 Å². The lowest BCUT2D eigenvalue weighted by atomic mass is 10.2. The summed E-state index contributed by atoms with van der Waals surface area (Å²) in [6.45, 7) is 7.24. The summed E-state index contributed by atoms with van der Waals surface area (Å²) in [7, 11) is 0. The van der Waals surface area contributed by atoms with Gasteiger partial charge in [-0.25, -0.2) is 9.97 Å². The molecule has 0 aromatic carbocycles. The Kier molecular flexibility index (Phi) is 4.93. The lowest BCUT2D eigenvalue weighted by molar-refractivity contribution is 0.587. The van der Waals surface area contributed by atoms with Crippen molar-refractivity contribution in [3.05, 3.63) is 47.8 Å². The van der Waals surface area contributed by atoms with Crippen LogP contribution in [0.5, 0.6) is 0 Å². The second-order valence-corrected chi connectivity index (χ2v) is 5.78. The summed E-state index contributed by atoms with van der Waals surface area (Å²) >= 11 is 1.60. The Morgan fingerprint density at radius 1 is 1.26 bits per heavy atom. The molecule has 1 N–H and O–H groups in total. The lowest BCUT2D eigenvalue weighted by Gasteiger charge is -2.10. The molecule has 0 unspecified atom stereocenters. The van der Waals surface area contributed by atoms with E-state index in [9.17, 15) is 0 Å². The lowest BCUT2D eigenvalue weighted by Crippen LogP contribution is -2.21. The van der Waals surface area contributed by atoms with Crippen LogP contribution in [0.25, 0.3) is 0 Å². The predicted molar refractivity (Wildman–Crippen MR) is 79.3 cm³/mol. The number of nitrogens with one attached hydrogen (secondary N) is 1. The highest BCUT2D eigenvalue weighted by Crippen LogP contribution is 2.26. The summed E-state index contributed by atoms with van der Waals surface area (Å²) in [5.74, 6) is 0. The molecular formula is C15H19N3S. The van der Waals surface area contributed by atoms with Gasteiger partial charge in [-0.3, -0.25) is 0 Å². The van der Waals surface area contributed by atoms with Gasteiger partial charge in [0, 0.05) is 25.0 Å². The van der Waals surface area contributed by atoms with Crippen LogP contribution in [0.3, 0.4) is 0 Å². The van der Waals surface area contributed by atoms with Crippen LogP contribution >= 0.6 is 11.8 Å². The number of rotatable bonds is 5. The van der Waals surface area contributed by atoms with Crippen LogP contribution in [0.15, 0.2) is 46.7 Å². The molecule has 100 valence electrons. The van der Waals surface area contributed by atoms with E-state index in [4.69, 9.17) is 0 Å². The molecule has 0 aliphatic heterocycles. The third-order valence-electron chi connectivity index (χ3n) is 2.64. The Hall–Kier alpha value is -1.39. The van der Waals surface area contributed by atoms with E-state index in [2.05, 4.69) is 42.1 Å². The zero-order valence-corrected chi connectivity index (χ0v) is 12.4. The normalized spacial score (nSPS) is 10.9. The van der Waals surface area contributed by atoms with Crippen LogP contribution in [0.1, 0.15) is 25.0 Å². The molecule has 0 saturated carbocycles. The molecule has 0 fully saturated rings. The van der Waals surface area contributed by atoms with E-state index in [1.165, 1.54) is 11.1 Å². The molecule has 2 aromatic rings. The second-order valence-electron chi connectivity index (χ2n) is 4.77. The molecule has 19 heavy (non-hydrogen) atoms. The molecular weight excluding hydrogens is 254 g/mol. The minimum Gasteiger partial charge on any atom is -0.310 e. The van der Waals surface area contributed by atoms with Gasteiger partial charge in [-0.15, -0.1) is 0 Å². The van der Waals surface area contributed by atoms with Gasteiger partial charge in [-0.05, 0) is 41.9 Å². The zero-order chi connectivity index (χ0) is 13.7. The van der Waals surface area contributed by atoms with E-state index in [-0.39, 0.29) is 0 Å². The van der Waals surface area contributed by atoms with Crippen molar-refractivity contribution in [2.75, 3.05) is 0 Å². The fourth-order valence-electron chi connectivity index (χ4n) is 1.65. The molecule has 0 aliphatic rings. The first kappa shape index (κ1) is 14.0. The Bertz CT molecular complexity index is 526. The van der Waals surface area contributed by atoms with Crippen molar-refractivity contribution in [3.63, 3.8) is 0 Å². The van der Waals surface area contributed by atoms with Crippen LogP contribution in [-0.2, 0) is 6.54 Å². The Morgan fingerprint density at radius 3 is 2.74 bits per heavy atom. The third kappa shape index (κ3) is 4.33. The molecule has 0 aliphatic carbocycles. The van der Waals surface area contributed by atoms with Crippen molar-refractivity contribution in [2.24, 2.45) is 0 Å². The molecule has 2 aromatic heterocycles. The molecule has 0 spiro atoms. The summed E-state index contributed by atoms with van der Waals surface area (Å²) in [5, 5.41) is 5.40. The topological polar surface area (TPSA) is 37.8 Å². The summed E-state index contributed by atoms with van der Waals surface area (Å²) < 4.78 is 0. The summed E-state index contributed by atoms with van der Waals surface area (Å²) in [5.41, 5.74) is 2.41. The van der Waals surface area contributed by atoms with Gasteiger partial charge >= 0.3 is 0 Å². The van der Waals surface area contributed by atoms with E-state index < -0.39 is 0 Å². The Morgan fingerprint density at radius 2 is 2.11 bits per heavy atom. The van der Waals surface area contributed by atoms with Crippen molar-refractivity contribution in [1.29, 1.82) is 0 Å². The molecule has 0 amide bonds. The van der Waals surface area contributed by atoms with Crippen molar-refractivity contribution >= 4 is 11.8 Å². The van der Waals surface area contributed by atoms with E-state index in [1.807, 2.05) is 24.4 Å². The maximum absolute atomic E-state index is 4.53. The van der Waals surface area contributed by atoms with Gasteiger partial charge in [0.05, 0.1) is 0 Å². The van der Waals surface area contributed by atoms with Gasteiger partial charge in [0.2, 0.25) is 0 Å². The van der Waals surface area contributed by atoms with E-state index in [0.29, 0.717) is 6.04 Å². The van der Waals surface area contributed by atoms with Crippen molar-refractivity contribution in [1.82, 2.24) is 15.3 Å². The summed E-state index contributed by atoms with van der Waals surface area (Å²) in [4.78, 5) is 8.84. The SMILES string of the molecule is Cc1cc(CNC(C)C)cnc1Sc1ccccn1. The fraction of sp³-hybridized carbons (Fsp3) is 0.333. The average molecular weight is 273 g/mol. The number of aromatic nitrogens is 2. The number of hydrogen-bond acceptors (Lipinski definition) is 4. The van der Waals surface area contributed by atoms with Crippen LogP contribution in [-0.4, -0.2) is 16.0 Å². The average Bonchev–Trinajstić information content (AvgIpc) is 2.40. The maximum Gasteiger partial charge on any atom is 0.105 e. The van der Waals surface area contributed by atoms with Gasteiger partial charge in [-0.1, -0.05) is 26.0 Å². The van der Waals surface area contributed by atoms with E-state index in [1.54, 1.807) is 18.0 Å². The smallest absolute Gasteiger partial charge is 0.105 e. The Labute approximate surface area is 118 Å². The first-order valence-electron chi connectivity index (χ1n) is 6.43. The molecule has 0 saturated heterocycles. The minimum atomic E-state index is 0.489. The fourth-order valence-corrected chi connectivity index (χ4v) is 2.44.